The minimum atomic E-state index is 0.522. The highest BCUT2D eigenvalue weighted by atomic mass is 14.8. The van der Waals surface area contributed by atoms with E-state index in [2.05, 4.69) is 9.97 Å². The first-order valence-electron chi connectivity index (χ1n) is 4.87. The first-order valence-corrected chi connectivity index (χ1v) is 4.87. The fourth-order valence-electron chi connectivity index (χ4n) is 1.32. The predicted molar refractivity (Wildman–Crippen MR) is 60.1 cm³/mol. The van der Waals surface area contributed by atoms with Gasteiger partial charge in [0.2, 0.25) is 0 Å². The largest absolute Gasteiger partial charge is 0.326 e. The van der Waals surface area contributed by atoms with Crippen molar-refractivity contribution in [3.63, 3.8) is 0 Å². The molecule has 2 N–H and O–H groups in total. The van der Waals surface area contributed by atoms with Gasteiger partial charge in [0.1, 0.15) is 0 Å². The van der Waals surface area contributed by atoms with Gasteiger partial charge in [-0.3, -0.25) is 9.97 Å². The van der Waals surface area contributed by atoms with Gasteiger partial charge < -0.3 is 5.73 Å². The van der Waals surface area contributed by atoms with Crippen LogP contribution in [0, 0.1) is 6.92 Å². The summed E-state index contributed by atoms with van der Waals surface area (Å²) >= 11 is 0. The van der Waals surface area contributed by atoms with E-state index in [1.807, 2.05) is 37.4 Å². The first-order chi connectivity index (χ1) is 7.29. The molecule has 2 aromatic rings. The minimum Gasteiger partial charge on any atom is -0.326 e. The van der Waals surface area contributed by atoms with Crippen molar-refractivity contribution in [3.8, 4) is 11.4 Å². The Morgan fingerprint density at radius 1 is 1.00 bits per heavy atom. The van der Waals surface area contributed by atoms with Crippen molar-refractivity contribution >= 4 is 0 Å². The number of aryl methyl sites for hydroxylation is 1. The van der Waals surface area contributed by atoms with Crippen LogP contribution in [0.3, 0.4) is 0 Å². The van der Waals surface area contributed by atoms with Crippen LogP contribution in [0.25, 0.3) is 11.4 Å². The summed E-state index contributed by atoms with van der Waals surface area (Å²) in [5, 5.41) is 0. The van der Waals surface area contributed by atoms with E-state index in [1.165, 1.54) is 0 Å². The molecular weight excluding hydrogens is 186 g/mol. The van der Waals surface area contributed by atoms with E-state index in [9.17, 15) is 0 Å². The van der Waals surface area contributed by atoms with Crippen LogP contribution < -0.4 is 5.73 Å². The number of nitrogens with two attached hydrogens (primary N) is 1. The summed E-state index contributed by atoms with van der Waals surface area (Å²) in [6, 6.07) is 7.92. The summed E-state index contributed by atoms with van der Waals surface area (Å²) < 4.78 is 0. The fourth-order valence-corrected chi connectivity index (χ4v) is 1.32. The van der Waals surface area contributed by atoms with E-state index in [0.29, 0.717) is 6.54 Å². The van der Waals surface area contributed by atoms with Crippen LogP contribution in [0.1, 0.15) is 11.1 Å². The van der Waals surface area contributed by atoms with Crippen molar-refractivity contribution in [1.29, 1.82) is 0 Å². The molecule has 0 amide bonds. The summed E-state index contributed by atoms with van der Waals surface area (Å²) in [6.45, 7) is 2.54. The van der Waals surface area contributed by atoms with Crippen molar-refractivity contribution in [2.45, 2.75) is 13.5 Å². The van der Waals surface area contributed by atoms with Crippen LogP contribution >= 0.6 is 0 Å². The molecule has 0 aliphatic heterocycles. The van der Waals surface area contributed by atoms with Gasteiger partial charge in [0.25, 0.3) is 0 Å². The fraction of sp³-hybridized carbons (Fsp3) is 0.167. The predicted octanol–water partition coefficient (Wildman–Crippen LogP) is 1.91. The summed E-state index contributed by atoms with van der Waals surface area (Å²) in [5.74, 6) is 0. The monoisotopic (exact) mass is 199 g/mol. The Bertz CT molecular complexity index is 431. The van der Waals surface area contributed by atoms with Gasteiger partial charge in [-0.2, -0.15) is 0 Å². The van der Waals surface area contributed by atoms with Crippen molar-refractivity contribution in [1.82, 2.24) is 9.97 Å². The number of hydrogen-bond donors (Lipinski definition) is 1. The Kier molecular flexibility index (Phi) is 2.74. The third kappa shape index (κ3) is 2.19. The zero-order chi connectivity index (χ0) is 10.7. The van der Waals surface area contributed by atoms with Crippen LogP contribution in [0.15, 0.2) is 36.7 Å². The number of aromatic nitrogens is 2. The normalized spacial score (nSPS) is 10.3. The van der Waals surface area contributed by atoms with Crippen LogP contribution in [0.2, 0.25) is 0 Å². The highest BCUT2D eigenvalue weighted by Crippen LogP contribution is 2.14. The molecule has 2 rings (SSSR count). The molecule has 0 saturated heterocycles. The maximum absolute atomic E-state index is 5.50. The Hall–Kier alpha value is -1.74. The zero-order valence-corrected chi connectivity index (χ0v) is 8.64. The van der Waals surface area contributed by atoms with Crippen molar-refractivity contribution < 1.29 is 0 Å². The van der Waals surface area contributed by atoms with Gasteiger partial charge in [-0.25, -0.2) is 0 Å². The number of pyridine rings is 2. The molecule has 76 valence electrons. The minimum absolute atomic E-state index is 0.522. The molecule has 0 fully saturated rings. The SMILES string of the molecule is Cc1ccc(-c2ccc(CN)cn2)nc1. The summed E-state index contributed by atoms with van der Waals surface area (Å²) in [4.78, 5) is 8.62. The Morgan fingerprint density at radius 3 is 2.13 bits per heavy atom. The highest BCUT2D eigenvalue weighted by molar-refractivity contribution is 5.53. The molecule has 2 heterocycles. The lowest BCUT2D eigenvalue weighted by Gasteiger charge is -2.01. The third-order valence-electron chi connectivity index (χ3n) is 2.23. The second-order valence-corrected chi connectivity index (χ2v) is 3.48. The molecule has 0 spiro atoms. The number of rotatable bonds is 2. The van der Waals surface area contributed by atoms with Gasteiger partial charge in [0.05, 0.1) is 11.4 Å². The summed E-state index contributed by atoms with van der Waals surface area (Å²) in [5.41, 5.74) is 9.46. The molecule has 0 aromatic carbocycles. The lowest BCUT2D eigenvalue weighted by atomic mass is 10.2. The van der Waals surface area contributed by atoms with Crippen LogP contribution in [0.5, 0.6) is 0 Å². The average molecular weight is 199 g/mol. The number of hydrogen-bond acceptors (Lipinski definition) is 3. The smallest absolute Gasteiger partial charge is 0.0886 e. The molecule has 0 saturated carbocycles. The quantitative estimate of drug-likeness (QED) is 0.803. The van der Waals surface area contributed by atoms with Crippen molar-refractivity contribution in [2.75, 3.05) is 0 Å². The Balaban J connectivity index is 2.33. The molecule has 15 heavy (non-hydrogen) atoms. The molecule has 0 aliphatic rings. The second-order valence-electron chi connectivity index (χ2n) is 3.48. The molecular formula is C12H13N3. The molecule has 0 unspecified atom stereocenters. The Labute approximate surface area is 89.0 Å². The molecule has 0 atom stereocenters. The van der Waals surface area contributed by atoms with Gasteiger partial charge in [-0.15, -0.1) is 0 Å². The average Bonchev–Trinajstić information content (AvgIpc) is 2.30. The topological polar surface area (TPSA) is 51.8 Å². The summed E-state index contributed by atoms with van der Waals surface area (Å²) in [7, 11) is 0. The van der Waals surface area contributed by atoms with Crippen molar-refractivity contribution in [3.05, 3.63) is 47.8 Å². The molecule has 0 bridgehead atoms. The van der Waals surface area contributed by atoms with E-state index in [1.54, 1.807) is 6.20 Å². The summed E-state index contributed by atoms with van der Waals surface area (Å²) in [6.07, 6.45) is 3.63. The van der Waals surface area contributed by atoms with Gasteiger partial charge in [-0.1, -0.05) is 12.1 Å². The van der Waals surface area contributed by atoms with Crippen LogP contribution in [-0.4, -0.2) is 9.97 Å². The molecule has 3 heteroatoms. The van der Waals surface area contributed by atoms with Crippen LogP contribution in [0.4, 0.5) is 0 Å². The van der Waals surface area contributed by atoms with Gasteiger partial charge in [-0.05, 0) is 30.2 Å². The van der Waals surface area contributed by atoms with Gasteiger partial charge >= 0.3 is 0 Å². The lowest BCUT2D eigenvalue weighted by Crippen LogP contribution is -1.97. The maximum atomic E-state index is 5.50. The third-order valence-corrected chi connectivity index (χ3v) is 2.23. The molecule has 0 aliphatic carbocycles. The van der Waals surface area contributed by atoms with Gasteiger partial charge in [0, 0.05) is 18.9 Å². The number of nitrogens with zero attached hydrogens (tertiary/aromatic N) is 2. The van der Waals surface area contributed by atoms with E-state index in [-0.39, 0.29) is 0 Å². The molecule has 3 nitrogen and oxygen atoms in total. The molecule has 2 aromatic heterocycles. The standard InChI is InChI=1S/C12H13N3/c1-9-2-4-11(14-7-9)12-5-3-10(6-13)8-15-12/h2-5,7-8H,6,13H2,1H3. The molecule has 0 radical (unpaired) electrons. The van der Waals surface area contributed by atoms with Crippen molar-refractivity contribution in [2.24, 2.45) is 5.73 Å². The lowest BCUT2D eigenvalue weighted by molar-refractivity contribution is 1.05. The second kappa shape index (κ2) is 4.19. The van der Waals surface area contributed by atoms with Gasteiger partial charge in [0.15, 0.2) is 0 Å². The van der Waals surface area contributed by atoms with E-state index in [4.69, 9.17) is 5.73 Å². The van der Waals surface area contributed by atoms with E-state index in [0.717, 1.165) is 22.5 Å². The Morgan fingerprint density at radius 2 is 1.67 bits per heavy atom. The highest BCUT2D eigenvalue weighted by Gasteiger charge is 1.99. The van der Waals surface area contributed by atoms with E-state index < -0.39 is 0 Å². The first kappa shape index (κ1) is 9.80. The zero-order valence-electron chi connectivity index (χ0n) is 8.64. The van der Waals surface area contributed by atoms with Crippen LogP contribution in [-0.2, 0) is 6.54 Å². The maximum Gasteiger partial charge on any atom is 0.0886 e. The van der Waals surface area contributed by atoms with E-state index >= 15 is 0 Å².